The number of nitrogens with one attached hydrogen (secondary N) is 4. The van der Waals surface area contributed by atoms with Gasteiger partial charge in [0.15, 0.2) is 11.5 Å². The fourth-order valence-corrected chi connectivity index (χ4v) is 4.04. The van der Waals surface area contributed by atoms with Crippen LogP contribution in [0, 0.1) is 5.82 Å². The molecule has 5 rings (SSSR count). The number of fused-ring (bicyclic) bond motifs is 1. The summed E-state index contributed by atoms with van der Waals surface area (Å²) in [5.41, 5.74) is 4.72. The minimum Gasteiger partial charge on any atom is -0.365 e. The van der Waals surface area contributed by atoms with Gasteiger partial charge in [-0.15, -0.1) is 0 Å². The first-order chi connectivity index (χ1) is 18.5. The third kappa shape index (κ3) is 5.49. The first kappa shape index (κ1) is 24.6. The van der Waals surface area contributed by atoms with E-state index in [0.717, 1.165) is 28.1 Å². The monoisotopic (exact) mass is 509 g/mol. The van der Waals surface area contributed by atoms with Crippen LogP contribution in [0.15, 0.2) is 73.5 Å². The molecule has 2 aromatic heterocycles. The van der Waals surface area contributed by atoms with Gasteiger partial charge in [-0.1, -0.05) is 36.4 Å². The van der Waals surface area contributed by atoms with Crippen LogP contribution in [0.4, 0.5) is 15.9 Å². The van der Waals surface area contributed by atoms with Crippen molar-refractivity contribution >= 4 is 41.0 Å². The van der Waals surface area contributed by atoms with Crippen molar-refractivity contribution in [3.05, 3.63) is 107 Å². The summed E-state index contributed by atoms with van der Waals surface area (Å²) < 4.78 is 13.2. The van der Waals surface area contributed by atoms with Crippen molar-refractivity contribution in [1.82, 2.24) is 25.3 Å². The first-order valence-electron chi connectivity index (χ1n) is 11.9. The number of aromatic nitrogens is 4. The zero-order valence-corrected chi connectivity index (χ0v) is 20.4. The van der Waals surface area contributed by atoms with Crippen LogP contribution in [-0.4, -0.2) is 38.3 Å². The maximum atomic E-state index is 13.2. The number of halogens is 1. The van der Waals surface area contributed by atoms with Crippen molar-refractivity contribution < 1.29 is 14.0 Å². The van der Waals surface area contributed by atoms with E-state index in [1.807, 2.05) is 37.3 Å². The molecular formula is C28H24FN7O2. The van der Waals surface area contributed by atoms with Crippen molar-refractivity contribution in [2.24, 2.45) is 0 Å². The van der Waals surface area contributed by atoms with Gasteiger partial charge in [0, 0.05) is 30.2 Å². The summed E-state index contributed by atoms with van der Waals surface area (Å²) in [5.74, 6) is -0.553. The minimum atomic E-state index is -0.394. The number of imidazole rings is 1. The van der Waals surface area contributed by atoms with Crippen LogP contribution in [0.1, 0.15) is 45.8 Å². The number of hydrogen-bond donors (Lipinski definition) is 4. The lowest BCUT2D eigenvalue weighted by Crippen LogP contribution is -2.28. The highest BCUT2D eigenvalue weighted by Gasteiger charge is 2.24. The number of hydrogen-bond acceptors (Lipinski definition) is 6. The molecule has 0 saturated heterocycles. The van der Waals surface area contributed by atoms with Crippen LogP contribution in [0.5, 0.6) is 0 Å². The highest BCUT2D eigenvalue weighted by atomic mass is 19.1. The highest BCUT2D eigenvalue weighted by Crippen LogP contribution is 2.33. The summed E-state index contributed by atoms with van der Waals surface area (Å²) in [5, 5.41) is 8.88. The van der Waals surface area contributed by atoms with E-state index in [2.05, 4.69) is 35.9 Å². The predicted molar refractivity (Wildman–Crippen MR) is 143 cm³/mol. The van der Waals surface area contributed by atoms with Gasteiger partial charge < -0.3 is 20.9 Å². The van der Waals surface area contributed by atoms with Crippen LogP contribution >= 0.6 is 0 Å². The smallest absolute Gasteiger partial charge is 0.274 e. The van der Waals surface area contributed by atoms with E-state index >= 15 is 0 Å². The molecule has 1 aliphatic heterocycles. The van der Waals surface area contributed by atoms with Gasteiger partial charge in [-0.25, -0.2) is 19.3 Å². The van der Waals surface area contributed by atoms with Gasteiger partial charge >= 0.3 is 0 Å². The van der Waals surface area contributed by atoms with Crippen LogP contribution in [0.25, 0.3) is 17.7 Å². The van der Waals surface area contributed by atoms with E-state index in [4.69, 9.17) is 0 Å². The molecule has 4 N–H and O–H groups in total. The second-order valence-corrected chi connectivity index (χ2v) is 8.61. The number of carbonyl (C=O) groups is 2. The molecule has 0 unspecified atom stereocenters. The lowest BCUT2D eigenvalue weighted by Gasteiger charge is -2.15. The molecular weight excluding hydrogens is 485 g/mol. The molecule has 0 spiro atoms. The molecule has 2 amide bonds. The van der Waals surface area contributed by atoms with E-state index in [0.29, 0.717) is 17.9 Å². The van der Waals surface area contributed by atoms with Crippen molar-refractivity contribution in [2.75, 3.05) is 17.2 Å². The Hall–Kier alpha value is -5.12. The van der Waals surface area contributed by atoms with Gasteiger partial charge in [-0.3, -0.25) is 9.59 Å². The van der Waals surface area contributed by atoms with Gasteiger partial charge in [-0.2, -0.15) is 0 Å². The van der Waals surface area contributed by atoms with E-state index in [9.17, 15) is 14.0 Å². The number of amides is 2. The number of H-pyrrole nitrogens is 1. The predicted octanol–water partition coefficient (Wildman–Crippen LogP) is 4.45. The van der Waals surface area contributed by atoms with E-state index in [1.54, 1.807) is 30.7 Å². The van der Waals surface area contributed by atoms with Gasteiger partial charge in [0.05, 0.1) is 29.8 Å². The lowest BCUT2D eigenvalue weighted by atomic mass is 10.0. The van der Waals surface area contributed by atoms with E-state index in [1.165, 1.54) is 24.5 Å². The number of nitrogens with zero attached hydrogens (tertiary/aromatic N) is 3. The zero-order chi connectivity index (χ0) is 26.5. The summed E-state index contributed by atoms with van der Waals surface area (Å²) in [4.78, 5) is 40.7. The van der Waals surface area contributed by atoms with Gasteiger partial charge in [0.1, 0.15) is 5.82 Å². The summed E-state index contributed by atoms with van der Waals surface area (Å²) in [6.45, 7) is 2.20. The number of rotatable bonds is 8. The molecule has 0 aliphatic carbocycles. The lowest BCUT2D eigenvalue weighted by molar-refractivity contribution is -0.110. The molecule has 0 saturated carbocycles. The Bertz CT molecular complexity index is 1530. The second kappa shape index (κ2) is 10.9. The molecule has 4 aromatic rings. The third-order valence-corrected chi connectivity index (χ3v) is 5.97. The van der Waals surface area contributed by atoms with Crippen LogP contribution in [0.3, 0.4) is 0 Å². The molecule has 0 fully saturated rings. The summed E-state index contributed by atoms with van der Waals surface area (Å²) in [6, 6.07) is 11.3. The highest BCUT2D eigenvalue weighted by molar-refractivity contribution is 6.34. The summed E-state index contributed by atoms with van der Waals surface area (Å²) in [6.07, 6.45) is 11.7. The maximum Gasteiger partial charge on any atom is 0.274 e. The standard InChI is InChI=1S/C28H24FN7O2/c1-17(19-5-7-20(29)8-6-19)35-28(38)25-26(33-12-11-31-25)32-10-2-3-18-4-9-22-23(14-21-15-30-16-34-21)27(37)36-24(22)13-18/h2-9,11-17H,10H2,1H3,(H,30,34)(H,32,33)(H,35,38)(H,36,37)/t17-/m0/s1. The molecule has 190 valence electrons. The molecule has 9 nitrogen and oxygen atoms in total. The molecule has 38 heavy (non-hydrogen) atoms. The molecule has 0 bridgehead atoms. The van der Waals surface area contributed by atoms with Crippen molar-refractivity contribution in [3.63, 3.8) is 0 Å². The van der Waals surface area contributed by atoms with Crippen molar-refractivity contribution in [3.8, 4) is 0 Å². The number of anilines is 2. The Labute approximate surface area is 218 Å². The second-order valence-electron chi connectivity index (χ2n) is 8.61. The number of carbonyl (C=O) groups excluding carboxylic acids is 2. The fraction of sp³-hybridized carbons (Fsp3) is 0.107. The maximum absolute atomic E-state index is 13.2. The summed E-state index contributed by atoms with van der Waals surface area (Å²) in [7, 11) is 0. The Morgan fingerprint density at radius 1 is 1.13 bits per heavy atom. The Kier molecular flexibility index (Phi) is 7.03. The quantitative estimate of drug-likeness (QED) is 0.260. The van der Waals surface area contributed by atoms with Crippen molar-refractivity contribution in [2.45, 2.75) is 13.0 Å². The Balaban J connectivity index is 1.22. The van der Waals surface area contributed by atoms with Crippen LogP contribution < -0.4 is 16.0 Å². The third-order valence-electron chi connectivity index (χ3n) is 5.97. The SMILES string of the molecule is C[C@H](NC(=O)c1nccnc1NCC=Cc1ccc2c(c1)NC(=O)C2=Cc1cnc[nH]1)c1ccc(F)cc1. The van der Waals surface area contributed by atoms with E-state index in [-0.39, 0.29) is 23.5 Å². The number of benzene rings is 2. The minimum absolute atomic E-state index is 0.159. The van der Waals surface area contributed by atoms with Crippen LogP contribution in [0.2, 0.25) is 0 Å². The first-order valence-corrected chi connectivity index (χ1v) is 11.9. The Morgan fingerprint density at radius 3 is 2.74 bits per heavy atom. The largest absolute Gasteiger partial charge is 0.365 e. The summed E-state index contributed by atoms with van der Waals surface area (Å²) >= 11 is 0. The molecule has 0 radical (unpaired) electrons. The molecule has 2 aromatic carbocycles. The molecule has 1 aliphatic rings. The van der Waals surface area contributed by atoms with E-state index < -0.39 is 5.91 Å². The van der Waals surface area contributed by atoms with Gasteiger partial charge in [0.2, 0.25) is 0 Å². The fourth-order valence-electron chi connectivity index (χ4n) is 4.04. The molecule has 10 heteroatoms. The normalized spacial score (nSPS) is 14.4. The molecule has 3 heterocycles. The van der Waals surface area contributed by atoms with Crippen molar-refractivity contribution in [1.29, 1.82) is 0 Å². The molecule has 1 atom stereocenters. The number of aromatic amines is 1. The zero-order valence-electron chi connectivity index (χ0n) is 20.4. The van der Waals surface area contributed by atoms with Crippen LogP contribution in [-0.2, 0) is 4.79 Å². The van der Waals surface area contributed by atoms with Gasteiger partial charge in [-0.05, 0) is 42.3 Å². The Morgan fingerprint density at radius 2 is 1.95 bits per heavy atom. The van der Waals surface area contributed by atoms with Gasteiger partial charge in [0.25, 0.3) is 11.8 Å². The topological polar surface area (TPSA) is 125 Å². The average molecular weight is 510 g/mol. The average Bonchev–Trinajstić information content (AvgIpc) is 3.54.